The second-order valence-corrected chi connectivity index (χ2v) is 8.39. The number of benzene rings is 1. The third kappa shape index (κ3) is 2.73. The van der Waals surface area contributed by atoms with Crippen molar-refractivity contribution in [1.82, 2.24) is 14.4 Å². The summed E-state index contributed by atoms with van der Waals surface area (Å²) in [5, 5.41) is 1.03. The fourth-order valence-electron chi connectivity index (χ4n) is 3.66. The molecule has 5 aromatic rings. The third-order valence-corrected chi connectivity index (χ3v) is 6.00. The van der Waals surface area contributed by atoms with Crippen LogP contribution in [0.1, 0.15) is 10.4 Å². The number of H-pyrrole nitrogens is 1. The molecule has 0 aliphatic carbocycles. The lowest BCUT2D eigenvalue weighted by Crippen LogP contribution is -2.41. The highest BCUT2D eigenvalue weighted by Crippen LogP contribution is 2.26. The van der Waals surface area contributed by atoms with Gasteiger partial charge < -0.3 is 4.98 Å². The highest BCUT2D eigenvalue weighted by Gasteiger charge is 2.21. The van der Waals surface area contributed by atoms with Crippen molar-refractivity contribution in [3.05, 3.63) is 86.4 Å². The predicted molar refractivity (Wildman–Crippen MR) is 112 cm³/mol. The topological polar surface area (TPSA) is 54.0 Å². The molecule has 0 aliphatic heterocycles. The van der Waals surface area contributed by atoms with Crippen molar-refractivity contribution in [2.45, 2.75) is 13.5 Å². The van der Waals surface area contributed by atoms with Crippen molar-refractivity contribution < 1.29 is 4.57 Å². The minimum absolute atomic E-state index is 0.0398. The average molecular weight is 408 g/mol. The Morgan fingerprint density at radius 3 is 2.89 bits per heavy atom. The fraction of sp³-hybridized carbons (Fsp3) is 0.0952. The molecule has 5 rings (SSSR count). The molecule has 7 heteroatoms. The number of thiazole rings is 1. The summed E-state index contributed by atoms with van der Waals surface area (Å²) in [5.41, 5.74) is 4.40. The van der Waals surface area contributed by atoms with Crippen LogP contribution in [0.2, 0.25) is 4.47 Å². The van der Waals surface area contributed by atoms with Gasteiger partial charge in [-0.2, -0.15) is 4.40 Å². The Morgan fingerprint density at radius 1 is 1.21 bits per heavy atom. The zero-order valence-electron chi connectivity index (χ0n) is 15.0. The maximum atomic E-state index is 13.3. The molecule has 28 heavy (non-hydrogen) atoms. The molecule has 0 amide bonds. The summed E-state index contributed by atoms with van der Waals surface area (Å²) in [6, 6.07) is 11.9. The quantitative estimate of drug-likeness (QED) is 0.456. The number of hydrogen-bond acceptors (Lipinski definition) is 3. The van der Waals surface area contributed by atoms with Crippen molar-refractivity contribution in [1.29, 1.82) is 0 Å². The molecule has 0 bridgehead atoms. The minimum atomic E-state index is -0.0398. The summed E-state index contributed by atoms with van der Waals surface area (Å²) >= 11 is 7.47. The number of nitrogens with zero attached hydrogens (tertiary/aromatic N) is 3. The summed E-state index contributed by atoms with van der Waals surface area (Å²) < 4.78 is 4.33. The number of para-hydroxylation sites is 1. The highest BCUT2D eigenvalue weighted by atomic mass is 35.5. The molecule has 0 unspecified atom stereocenters. The van der Waals surface area contributed by atoms with E-state index in [1.807, 2.05) is 61.9 Å². The van der Waals surface area contributed by atoms with E-state index in [-0.39, 0.29) is 5.56 Å². The molecular weight excluding hydrogens is 392 g/mol. The number of aromatic amines is 1. The van der Waals surface area contributed by atoms with Gasteiger partial charge in [0.15, 0.2) is 4.47 Å². The van der Waals surface area contributed by atoms with E-state index in [0.29, 0.717) is 16.6 Å². The molecule has 0 radical (unpaired) electrons. The Hall–Kier alpha value is -2.96. The Balaban J connectivity index is 1.81. The van der Waals surface area contributed by atoms with Crippen molar-refractivity contribution >= 4 is 39.5 Å². The Kier molecular flexibility index (Phi) is 4.03. The largest absolute Gasteiger partial charge is 0.361 e. The minimum Gasteiger partial charge on any atom is -0.361 e. The van der Waals surface area contributed by atoms with Gasteiger partial charge in [-0.15, -0.1) is 11.3 Å². The third-order valence-electron chi connectivity index (χ3n) is 4.90. The summed E-state index contributed by atoms with van der Waals surface area (Å²) in [7, 11) is 0. The van der Waals surface area contributed by atoms with Crippen LogP contribution in [0, 0.1) is 6.92 Å². The molecule has 4 heterocycles. The maximum absolute atomic E-state index is 13.3. The Labute approximate surface area is 169 Å². The Morgan fingerprint density at radius 2 is 2.07 bits per heavy atom. The molecule has 5 nitrogen and oxygen atoms in total. The van der Waals surface area contributed by atoms with E-state index in [2.05, 4.69) is 14.5 Å². The molecule has 0 aliphatic rings. The number of hydrogen-bond donors (Lipinski definition) is 1. The van der Waals surface area contributed by atoms with E-state index in [9.17, 15) is 4.79 Å². The van der Waals surface area contributed by atoms with E-state index >= 15 is 0 Å². The summed E-state index contributed by atoms with van der Waals surface area (Å²) in [6.07, 6.45) is 7.44. The number of fused-ring (bicyclic) bond motifs is 2. The second-order valence-electron chi connectivity index (χ2n) is 6.69. The van der Waals surface area contributed by atoms with E-state index in [0.717, 1.165) is 32.6 Å². The standard InChI is InChI=1S/C21H16ClN4OS/c1-13-5-4-8-26-19(13)25(11-14-9-24-21(22)28-14)12-17(20(26)27)16-10-23-18-7-3-2-6-15(16)18/h2-10,12,23H,11H2,1H3/q+1. The Bertz CT molecular complexity index is 1400. The van der Waals surface area contributed by atoms with Crippen molar-refractivity contribution in [2.24, 2.45) is 0 Å². The van der Waals surface area contributed by atoms with Crippen LogP contribution in [-0.2, 0) is 6.54 Å². The van der Waals surface area contributed by atoms with Crippen LogP contribution in [0.25, 0.3) is 27.7 Å². The van der Waals surface area contributed by atoms with Gasteiger partial charge in [0.2, 0.25) is 0 Å². The van der Waals surface area contributed by atoms with Crippen molar-refractivity contribution in [2.75, 3.05) is 0 Å². The smallest absolute Gasteiger partial charge is 0.350 e. The first-order valence-electron chi connectivity index (χ1n) is 8.83. The fourth-order valence-corrected chi connectivity index (χ4v) is 4.64. The van der Waals surface area contributed by atoms with Crippen LogP contribution in [-0.4, -0.2) is 14.4 Å². The van der Waals surface area contributed by atoms with Crippen LogP contribution in [0.5, 0.6) is 0 Å². The number of rotatable bonds is 3. The van der Waals surface area contributed by atoms with Gasteiger partial charge in [-0.3, -0.25) is 0 Å². The summed E-state index contributed by atoms with van der Waals surface area (Å²) in [6.45, 7) is 2.60. The highest BCUT2D eigenvalue weighted by molar-refractivity contribution is 7.15. The lowest BCUT2D eigenvalue weighted by Gasteiger charge is -2.07. The van der Waals surface area contributed by atoms with Gasteiger partial charge in [0.1, 0.15) is 18.3 Å². The van der Waals surface area contributed by atoms with Gasteiger partial charge in [-0.1, -0.05) is 29.8 Å². The van der Waals surface area contributed by atoms with Crippen LogP contribution in [0.15, 0.2) is 66.0 Å². The lowest BCUT2D eigenvalue weighted by molar-refractivity contribution is -0.665. The van der Waals surface area contributed by atoms with Gasteiger partial charge in [0.25, 0.3) is 5.65 Å². The zero-order chi connectivity index (χ0) is 19.3. The first-order chi connectivity index (χ1) is 13.6. The monoisotopic (exact) mass is 407 g/mol. The number of aryl methyl sites for hydroxylation is 1. The van der Waals surface area contributed by atoms with Crippen LogP contribution >= 0.6 is 22.9 Å². The van der Waals surface area contributed by atoms with E-state index in [1.54, 1.807) is 10.6 Å². The van der Waals surface area contributed by atoms with Crippen molar-refractivity contribution in [3.63, 3.8) is 0 Å². The number of nitrogens with one attached hydrogen (secondary N) is 1. The summed E-state index contributed by atoms with van der Waals surface area (Å²) in [4.78, 5) is 21.8. The maximum Gasteiger partial charge on any atom is 0.350 e. The van der Waals surface area contributed by atoms with Gasteiger partial charge in [-0.05, 0) is 25.1 Å². The number of pyridine rings is 1. The second kappa shape index (κ2) is 6.58. The molecule has 138 valence electrons. The first kappa shape index (κ1) is 17.2. The predicted octanol–water partition coefficient (Wildman–Crippen LogP) is 4.20. The molecule has 1 aromatic carbocycles. The molecule has 0 saturated carbocycles. The van der Waals surface area contributed by atoms with Crippen LogP contribution in [0.3, 0.4) is 0 Å². The van der Waals surface area contributed by atoms with Crippen molar-refractivity contribution in [3.8, 4) is 11.1 Å². The SMILES string of the molecule is Cc1cccn2c(=O)c(-c3c[nH]c4ccccc34)c[n+](Cc3cnc(Cl)s3)c12. The van der Waals surface area contributed by atoms with Gasteiger partial charge in [0, 0.05) is 34.4 Å². The first-order valence-corrected chi connectivity index (χ1v) is 10.0. The van der Waals surface area contributed by atoms with Crippen LogP contribution in [0.4, 0.5) is 0 Å². The molecule has 0 atom stereocenters. The van der Waals surface area contributed by atoms with E-state index in [4.69, 9.17) is 11.6 Å². The molecule has 0 saturated heterocycles. The molecule has 0 spiro atoms. The van der Waals surface area contributed by atoms with Crippen LogP contribution < -0.4 is 10.1 Å². The average Bonchev–Trinajstić information content (AvgIpc) is 3.30. The molecular formula is C21H16ClN4OS+. The molecule has 4 aromatic heterocycles. The van der Waals surface area contributed by atoms with E-state index in [1.165, 1.54) is 11.3 Å². The van der Waals surface area contributed by atoms with E-state index < -0.39 is 0 Å². The van der Waals surface area contributed by atoms with Gasteiger partial charge in [-0.25, -0.2) is 14.3 Å². The molecule has 0 fully saturated rings. The van der Waals surface area contributed by atoms with Gasteiger partial charge >= 0.3 is 5.56 Å². The zero-order valence-corrected chi connectivity index (χ0v) is 16.6. The normalized spacial score (nSPS) is 11.5. The lowest BCUT2D eigenvalue weighted by atomic mass is 10.1. The number of aromatic nitrogens is 4. The number of halogens is 1. The van der Waals surface area contributed by atoms with Gasteiger partial charge in [0.05, 0.1) is 11.1 Å². The molecule has 1 N–H and O–H groups in total. The summed E-state index contributed by atoms with van der Waals surface area (Å²) in [5.74, 6) is 0.